The van der Waals surface area contributed by atoms with Crippen LogP contribution in [0.1, 0.15) is 31.2 Å². The van der Waals surface area contributed by atoms with Crippen molar-refractivity contribution in [2.24, 2.45) is 10.9 Å². The predicted molar refractivity (Wildman–Crippen MR) is 71.2 cm³/mol. The number of aliphatic imine (C=N–C) groups is 1. The van der Waals surface area contributed by atoms with Crippen molar-refractivity contribution in [3.63, 3.8) is 0 Å². The predicted octanol–water partition coefficient (Wildman–Crippen LogP) is 3.74. The zero-order valence-electron chi connectivity index (χ0n) is 9.43. The number of hydrogen-bond donors (Lipinski definition) is 0. The summed E-state index contributed by atoms with van der Waals surface area (Å²) in [7, 11) is 0. The molecule has 1 nitrogen and oxygen atoms in total. The Labute approximate surface area is 101 Å². The zero-order chi connectivity index (χ0) is 10.8. The van der Waals surface area contributed by atoms with E-state index >= 15 is 0 Å². The maximum atomic E-state index is 4.95. The highest BCUT2D eigenvalue weighted by atomic mass is 32.2. The van der Waals surface area contributed by atoms with Gasteiger partial charge in [0.2, 0.25) is 0 Å². The molecule has 2 atom stereocenters. The minimum Gasteiger partial charge on any atom is -0.274 e. The molecule has 0 spiro atoms. The maximum Gasteiger partial charge on any atom is 0.0980 e. The van der Waals surface area contributed by atoms with Crippen molar-refractivity contribution in [2.75, 3.05) is 5.75 Å². The van der Waals surface area contributed by atoms with E-state index in [1.54, 1.807) is 0 Å². The smallest absolute Gasteiger partial charge is 0.0980 e. The molecule has 84 valence electrons. The molecule has 0 amide bonds. The molecule has 0 unspecified atom stereocenters. The lowest BCUT2D eigenvalue weighted by molar-refractivity contribution is 0.336. The fourth-order valence-electron chi connectivity index (χ4n) is 2.66. The molecule has 1 aliphatic carbocycles. The Morgan fingerprint density at radius 1 is 1.06 bits per heavy atom. The van der Waals surface area contributed by atoms with Crippen molar-refractivity contribution in [1.29, 1.82) is 0 Å². The summed E-state index contributed by atoms with van der Waals surface area (Å²) in [4.78, 5) is 4.95. The van der Waals surface area contributed by atoms with E-state index in [0.717, 1.165) is 5.92 Å². The largest absolute Gasteiger partial charge is 0.274 e. The summed E-state index contributed by atoms with van der Waals surface area (Å²) in [5.74, 6) is 2.13. The van der Waals surface area contributed by atoms with Gasteiger partial charge in [0.15, 0.2) is 0 Å². The standard InChI is InChI=1S/C14H17NS/c1-2-6-11(7-3-1)14-15-13-9-5-4-8-12(13)10-16-14/h1-3,6-7,12-13H,4-5,8-10H2/t12-,13-/m1/s1. The third-order valence-corrected chi connectivity index (χ3v) is 4.82. The highest BCUT2D eigenvalue weighted by molar-refractivity contribution is 8.14. The lowest BCUT2D eigenvalue weighted by Gasteiger charge is -2.32. The van der Waals surface area contributed by atoms with Gasteiger partial charge in [-0.1, -0.05) is 43.2 Å². The first-order chi connectivity index (χ1) is 7.93. The van der Waals surface area contributed by atoms with Gasteiger partial charge in [0.05, 0.1) is 11.1 Å². The van der Waals surface area contributed by atoms with Crippen molar-refractivity contribution in [3.05, 3.63) is 35.9 Å². The topological polar surface area (TPSA) is 12.4 Å². The van der Waals surface area contributed by atoms with Crippen molar-refractivity contribution in [1.82, 2.24) is 0 Å². The van der Waals surface area contributed by atoms with Gasteiger partial charge in [0.1, 0.15) is 0 Å². The van der Waals surface area contributed by atoms with E-state index < -0.39 is 0 Å². The second kappa shape index (κ2) is 4.62. The third kappa shape index (κ3) is 2.03. The van der Waals surface area contributed by atoms with Gasteiger partial charge in [-0.3, -0.25) is 4.99 Å². The average Bonchev–Trinajstić information content (AvgIpc) is 2.39. The molecule has 3 rings (SSSR count). The van der Waals surface area contributed by atoms with Gasteiger partial charge in [-0.05, 0) is 18.8 Å². The second-order valence-electron chi connectivity index (χ2n) is 4.72. The van der Waals surface area contributed by atoms with Crippen LogP contribution in [0.3, 0.4) is 0 Å². The molecule has 1 aliphatic heterocycles. The van der Waals surface area contributed by atoms with E-state index in [9.17, 15) is 0 Å². The van der Waals surface area contributed by atoms with Crippen LogP contribution in [0.25, 0.3) is 0 Å². The SMILES string of the molecule is c1ccc(C2=N[C@@H]3CCCC[C@@H]3CS2)cc1. The molecule has 0 aromatic heterocycles. The summed E-state index contributed by atoms with van der Waals surface area (Å²) in [6.45, 7) is 0. The van der Waals surface area contributed by atoms with E-state index in [-0.39, 0.29) is 0 Å². The van der Waals surface area contributed by atoms with Crippen LogP contribution < -0.4 is 0 Å². The molecule has 0 bridgehead atoms. The number of benzene rings is 1. The number of rotatable bonds is 1. The van der Waals surface area contributed by atoms with Crippen LogP contribution in [0.15, 0.2) is 35.3 Å². The van der Waals surface area contributed by atoms with Gasteiger partial charge in [-0.2, -0.15) is 0 Å². The molecule has 1 aromatic rings. The average molecular weight is 231 g/mol. The fourth-order valence-corrected chi connectivity index (χ4v) is 3.94. The van der Waals surface area contributed by atoms with E-state index in [2.05, 4.69) is 30.3 Å². The van der Waals surface area contributed by atoms with Crippen LogP contribution in [0, 0.1) is 5.92 Å². The number of thioether (sulfide) groups is 1. The Morgan fingerprint density at radius 2 is 1.88 bits per heavy atom. The summed E-state index contributed by atoms with van der Waals surface area (Å²) in [6, 6.07) is 11.2. The number of hydrogen-bond acceptors (Lipinski definition) is 2. The molecule has 1 saturated carbocycles. The zero-order valence-corrected chi connectivity index (χ0v) is 10.2. The van der Waals surface area contributed by atoms with Crippen LogP contribution in [0.5, 0.6) is 0 Å². The van der Waals surface area contributed by atoms with Crippen molar-refractivity contribution in [3.8, 4) is 0 Å². The van der Waals surface area contributed by atoms with E-state index in [1.807, 2.05) is 11.8 Å². The second-order valence-corrected chi connectivity index (χ2v) is 5.73. The van der Waals surface area contributed by atoms with Crippen LogP contribution in [-0.4, -0.2) is 16.8 Å². The first-order valence-electron chi connectivity index (χ1n) is 6.19. The molecule has 16 heavy (non-hydrogen) atoms. The van der Waals surface area contributed by atoms with Crippen molar-refractivity contribution in [2.45, 2.75) is 31.7 Å². The summed E-state index contributed by atoms with van der Waals surface area (Å²) in [6.07, 6.45) is 5.49. The van der Waals surface area contributed by atoms with Gasteiger partial charge in [-0.15, -0.1) is 11.8 Å². The van der Waals surface area contributed by atoms with E-state index in [1.165, 1.54) is 42.0 Å². The maximum absolute atomic E-state index is 4.95. The Bertz CT molecular complexity index is 385. The lowest BCUT2D eigenvalue weighted by atomic mass is 9.86. The Balaban J connectivity index is 1.84. The van der Waals surface area contributed by atoms with Crippen LogP contribution in [0.2, 0.25) is 0 Å². The van der Waals surface area contributed by atoms with Crippen molar-refractivity contribution >= 4 is 16.8 Å². The van der Waals surface area contributed by atoms with Gasteiger partial charge in [0, 0.05) is 11.3 Å². The normalized spacial score (nSPS) is 29.4. The summed E-state index contributed by atoms with van der Waals surface area (Å²) in [5.41, 5.74) is 1.30. The Hall–Kier alpha value is -0.760. The first kappa shape index (κ1) is 10.4. The van der Waals surface area contributed by atoms with Gasteiger partial charge < -0.3 is 0 Å². The molecule has 2 heteroatoms. The molecule has 0 radical (unpaired) electrons. The molecule has 0 N–H and O–H groups in total. The lowest BCUT2D eigenvalue weighted by Crippen LogP contribution is -2.30. The molecule has 1 fully saturated rings. The highest BCUT2D eigenvalue weighted by Gasteiger charge is 2.29. The molecule has 0 saturated heterocycles. The third-order valence-electron chi connectivity index (χ3n) is 3.61. The van der Waals surface area contributed by atoms with Gasteiger partial charge >= 0.3 is 0 Å². The molecular weight excluding hydrogens is 214 g/mol. The quantitative estimate of drug-likeness (QED) is 0.717. The van der Waals surface area contributed by atoms with Crippen LogP contribution >= 0.6 is 11.8 Å². The Kier molecular flexibility index (Phi) is 3.00. The van der Waals surface area contributed by atoms with E-state index in [4.69, 9.17) is 4.99 Å². The summed E-state index contributed by atoms with van der Waals surface area (Å²) >= 11 is 1.95. The van der Waals surface area contributed by atoms with Gasteiger partial charge in [0.25, 0.3) is 0 Å². The summed E-state index contributed by atoms with van der Waals surface area (Å²) in [5, 5.41) is 1.27. The number of nitrogens with zero attached hydrogens (tertiary/aromatic N) is 1. The van der Waals surface area contributed by atoms with Crippen LogP contribution in [-0.2, 0) is 0 Å². The number of fused-ring (bicyclic) bond motifs is 1. The molecule has 2 aliphatic rings. The highest BCUT2D eigenvalue weighted by Crippen LogP contribution is 2.35. The summed E-state index contributed by atoms with van der Waals surface area (Å²) < 4.78 is 0. The fraction of sp³-hybridized carbons (Fsp3) is 0.500. The Morgan fingerprint density at radius 3 is 2.75 bits per heavy atom. The monoisotopic (exact) mass is 231 g/mol. The van der Waals surface area contributed by atoms with Gasteiger partial charge in [-0.25, -0.2) is 0 Å². The minimum absolute atomic E-state index is 0.616. The molecule has 1 heterocycles. The molecular formula is C14H17NS. The van der Waals surface area contributed by atoms with Crippen molar-refractivity contribution < 1.29 is 0 Å². The molecule has 1 aromatic carbocycles. The first-order valence-corrected chi connectivity index (χ1v) is 7.18. The van der Waals surface area contributed by atoms with E-state index in [0.29, 0.717) is 6.04 Å². The van der Waals surface area contributed by atoms with Crippen LogP contribution in [0.4, 0.5) is 0 Å². The minimum atomic E-state index is 0.616.